The van der Waals surface area contributed by atoms with E-state index in [2.05, 4.69) is 40.5 Å². The molecule has 0 aliphatic heterocycles. The van der Waals surface area contributed by atoms with Crippen LogP contribution in [0.1, 0.15) is 29.8 Å². The Kier molecular flexibility index (Phi) is 16.9. The van der Waals surface area contributed by atoms with E-state index in [4.69, 9.17) is 14.7 Å². The maximum absolute atomic E-state index is 13.4. The monoisotopic (exact) mass is 498 g/mol. The van der Waals surface area contributed by atoms with Crippen molar-refractivity contribution in [1.29, 1.82) is 0 Å². The number of nitrogens with two attached hydrogens (primary N) is 1. The van der Waals surface area contributed by atoms with Crippen molar-refractivity contribution in [3.05, 3.63) is 96.6 Å². The zero-order valence-corrected chi connectivity index (χ0v) is 19.8. The molecule has 0 aliphatic rings. The number of hydrogen-bond acceptors (Lipinski definition) is 7. The van der Waals surface area contributed by atoms with Crippen LogP contribution in [0.3, 0.4) is 0 Å². The van der Waals surface area contributed by atoms with Crippen LogP contribution in [0.2, 0.25) is 0 Å². The van der Waals surface area contributed by atoms with Crippen molar-refractivity contribution >= 4 is 23.4 Å². The zero-order chi connectivity index (χ0) is 25.9. The van der Waals surface area contributed by atoms with Crippen LogP contribution in [0, 0.1) is 11.6 Å². The first-order valence-corrected chi connectivity index (χ1v) is 10.3. The van der Waals surface area contributed by atoms with Crippen LogP contribution in [0.15, 0.2) is 79.0 Å². The van der Waals surface area contributed by atoms with Crippen molar-refractivity contribution in [2.75, 3.05) is 13.2 Å². The third-order valence-electron chi connectivity index (χ3n) is 4.10. The number of oxime groups is 1. The predicted octanol–water partition coefficient (Wildman–Crippen LogP) is 5.23. The minimum absolute atomic E-state index is 0.0324. The Labute approximate surface area is 203 Å². The first kappa shape index (κ1) is 31.0. The summed E-state index contributed by atoms with van der Waals surface area (Å²) in [6, 6.07) is 11.9. The average molecular weight is 499 g/mol. The lowest BCUT2D eigenvalue weighted by Crippen LogP contribution is -2.16. The van der Waals surface area contributed by atoms with Gasteiger partial charge in [-0.05, 0) is 38.1 Å². The van der Waals surface area contributed by atoms with E-state index in [0.29, 0.717) is 0 Å². The highest BCUT2D eigenvalue weighted by atomic mass is 35.5. The van der Waals surface area contributed by atoms with Crippen molar-refractivity contribution in [1.82, 2.24) is 0 Å². The molecule has 2 atom stereocenters. The number of ether oxygens (including phenoxy) is 2. The van der Waals surface area contributed by atoms with Crippen LogP contribution in [-0.2, 0) is 13.9 Å². The van der Waals surface area contributed by atoms with Gasteiger partial charge in [0.05, 0.1) is 36.2 Å². The average Bonchev–Trinajstić information content (AvgIpc) is 2.84. The maximum atomic E-state index is 13.4. The minimum atomic E-state index is -0.516. The zero-order valence-electron chi connectivity index (χ0n) is 19.0. The molecule has 0 bridgehead atoms. The van der Waals surface area contributed by atoms with Gasteiger partial charge in [0.25, 0.3) is 0 Å². The summed E-state index contributed by atoms with van der Waals surface area (Å²) >= 11 is 4.28. The summed E-state index contributed by atoms with van der Waals surface area (Å²) in [5, 5.41) is 11.8. The molecule has 0 heterocycles. The van der Waals surface area contributed by atoms with E-state index in [1.54, 1.807) is 50.3 Å². The predicted molar refractivity (Wildman–Crippen MR) is 128 cm³/mol. The van der Waals surface area contributed by atoms with E-state index in [1.165, 1.54) is 24.3 Å². The number of carbonyl (C=O) groups excluding carboxylic acids is 1. The van der Waals surface area contributed by atoms with Crippen LogP contribution < -0.4 is 5.90 Å². The third-order valence-corrected chi connectivity index (χ3v) is 4.10. The number of nitrogens with zero attached hydrogens (tertiary/aromatic N) is 1. The molecule has 2 unspecified atom stereocenters. The molecule has 10 heteroatoms. The fraction of sp³-hybridized carbons (Fsp3) is 0.250. The summed E-state index contributed by atoms with van der Waals surface area (Å²) in [5.41, 5.74) is 0.460. The number of benzene rings is 2. The number of Topliss-reactive ketones (excluding diaryl/α,β-unsaturated/α-hetero) is 1. The molecular formula is C24H29ClF2N2O5. The molecule has 0 aromatic heterocycles. The molecule has 2 aromatic rings. The molecule has 0 saturated heterocycles. The highest BCUT2D eigenvalue weighted by molar-refractivity contribution is 6.07. The fourth-order valence-electron chi connectivity index (χ4n) is 2.17. The Balaban J connectivity index is 0.000000575. The first-order chi connectivity index (χ1) is 16.2. The van der Waals surface area contributed by atoms with Gasteiger partial charge in [-0.1, -0.05) is 41.6 Å². The van der Waals surface area contributed by atoms with Gasteiger partial charge in [0.15, 0.2) is 5.78 Å². The lowest BCUT2D eigenvalue weighted by molar-refractivity contribution is 0.0655. The van der Waals surface area contributed by atoms with Crippen molar-refractivity contribution in [3.63, 3.8) is 0 Å². The molecule has 7 nitrogen and oxygen atoms in total. The summed E-state index contributed by atoms with van der Waals surface area (Å²) in [5.74, 6) is 2.80. The van der Waals surface area contributed by atoms with E-state index in [-0.39, 0.29) is 48.0 Å². The minimum Gasteiger partial charge on any atom is -0.411 e. The number of ketones is 1. The molecule has 0 aliphatic carbocycles. The maximum Gasteiger partial charge on any atom is 0.191 e. The van der Waals surface area contributed by atoms with Crippen LogP contribution in [-0.4, -0.2) is 42.1 Å². The van der Waals surface area contributed by atoms with Crippen LogP contribution in [0.25, 0.3) is 0 Å². The van der Waals surface area contributed by atoms with E-state index >= 15 is 0 Å². The number of rotatable bonds is 10. The molecule has 2 rings (SSSR count). The van der Waals surface area contributed by atoms with Gasteiger partial charge in [-0.2, -0.15) is 10.3 Å². The first-order valence-electron chi connectivity index (χ1n) is 9.94. The Hall–Kier alpha value is -2.95. The Morgan fingerprint density at radius 2 is 1.41 bits per heavy atom. The highest BCUT2D eigenvalue weighted by Gasteiger charge is 2.12. The SMILES string of the molecule is C=CC(C)OCC(=NO)c1ccccc1F.C=CC(C)OCC(=O)c1ccccc1F.NOCl. The second-order valence-electron chi connectivity index (χ2n) is 6.52. The van der Waals surface area contributed by atoms with Crippen LogP contribution >= 0.6 is 11.9 Å². The van der Waals surface area contributed by atoms with Crippen LogP contribution in [0.4, 0.5) is 8.78 Å². The van der Waals surface area contributed by atoms with Crippen LogP contribution in [0.5, 0.6) is 0 Å². The molecule has 0 radical (unpaired) electrons. The van der Waals surface area contributed by atoms with Gasteiger partial charge in [-0.3, -0.25) is 4.79 Å². The van der Waals surface area contributed by atoms with Gasteiger partial charge in [0.2, 0.25) is 0 Å². The lowest BCUT2D eigenvalue weighted by atomic mass is 10.1. The normalized spacial score (nSPS) is 12.2. The van der Waals surface area contributed by atoms with Gasteiger partial charge >= 0.3 is 0 Å². The van der Waals surface area contributed by atoms with Crippen molar-refractivity contribution in [3.8, 4) is 0 Å². The number of carbonyl (C=O) groups is 1. The Morgan fingerprint density at radius 3 is 1.82 bits per heavy atom. The molecule has 2 aromatic carbocycles. The summed E-state index contributed by atoms with van der Waals surface area (Å²) in [6.07, 6.45) is 2.80. The largest absolute Gasteiger partial charge is 0.411 e. The second-order valence-corrected chi connectivity index (χ2v) is 6.70. The molecule has 0 saturated carbocycles. The smallest absolute Gasteiger partial charge is 0.191 e. The Morgan fingerprint density at radius 1 is 1.00 bits per heavy atom. The van der Waals surface area contributed by atoms with Gasteiger partial charge in [0, 0.05) is 5.56 Å². The van der Waals surface area contributed by atoms with Gasteiger partial charge < -0.3 is 14.7 Å². The van der Waals surface area contributed by atoms with Gasteiger partial charge in [-0.15, -0.1) is 13.2 Å². The molecule has 3 N–H and O–H groups in total. The highest BCUT2D eigenvalue weighted by Crippen LogP contribution is 2.09. The van der Waals surface area contributed by atoms with Gasteiger partial charge in [0.1, 0.15) is 24.0 Å². The Bertz CT molecular complexity index is 928. The summed E-state index contributed by atoms with van der Waals surface area (Å²) in [6.45, 7) is 10.5. The molecular weight excluding hydrogens is 470 g/mol. The number of halogens is 3. The van der Waals surface area contributed by atoms with Crippen molar-refractivity contribution in [2.24, 2.45) is 11.1 Å². The third kappa shape index (κ3) is 12.3. The summed E-state index contributed by atoms with van der Waals surface area (Å²) in [4.78, 5) is 11.5. The van der Waals surface area contributed by atoms with Crippen molar-refractivity contribution in [2.45, 2.75) is 26.1 Å². The molecule has 34 heavy (non-hydrogen) atoms. The molecule has 0 fully saturated rings. The second kappa shape index (κ2) is 18.5. The van der Waals surface area contributed by atoms with Gasteiger partial charge in [-0.25, -0.2) is 8.78 Å². The standard InChI is InChI=1S/C12H14FNO2.C12H13FO2.ClH2NO/c1-3-9(2)16-8-12(14-15)10-6-4-5-7-11(10)13;1-3-9(2)15-8-12(14)10-6-4-5-7-11(10)13;1-3-2/h3-7,9,15H,1,8H2,2H3;3-7,9H,1,8H2,2H3;2H2. The molecule has 0 spiro atoms. The topological polar surface area (TPSA) is 103 Å². The summed E-state index contributed by atoms with van der Waals surface area (Å²) in [7, 11) is 0. The van der Waals surface area contributed by atoms with E-state index < -0.39 is 11.6 Å². The van der Waals surface area contributed by atoms with Crippen molar-refractivity contribution < 1.29 is 32.6 Å². The van der Waals surface area contributed by atoms with E-state index in [0.717, 1.165) is 0 Å². The summed E-state index contributed by atoms with van der Waals surface area (Å²) < 4.78 is 40.1. The van der Waals surface area contributed by atoms with E-state index in [1.807, 2.05) is 0 Å². The number of hydrogen-bond donors (Lipinski definition) is 2. The molecule has 186 valence electrons. The fourth-order valence-corrected chi connectivity index (χ4v) is 2.17. The van der Waals surface area contributed by atoms with E-state index in [9.17, 15) is 13.6 Å². The quantitative estimate of drug-likeness (QED) is 0.153. The molecule has 0 amide bonds. The lowest BCUT2D eigenvalue weighted by Gasteiger charge is -2.10.